The van der Waals surface area contributed by atoms with E-state index in [2.05, 4.69) is 5.32 Å². The lowest BCUT2D eigenvalue weighted by molar-refractivity contribution is 0.102. The van der Waals surface area contributed by atoms with E-state index in [0.717, 1.165) is 16.4 Å². The van der Waals surface area contributed by atoms with Gasteiger partial charge in [0.25, 0.3) is 15.9 Å². The van der Waals surface area contributed by atoms with E-state index in [4.69, 9.17) is 0 Å². The summed E-state index contributed by atoms with van der Waals surface area (Å²) in [5.74, 6) is -2.49. The van der Waals surface area contributed by atoms with Gasteiger partial charge in [0.05, 0.1) is 10.6 Å². The van der Waals surface area contributed by atoms with Gasteiger partial charge in [-0.15, -0.1) is 0 Å². The van der Waals surface area contributed by atoms with E-state index >= 15 is 0 Å². The number of amides is 1. The topological polar surface area (TPSA) is 66.5 Å². The van der Waals surface area contributed by atoms with Gasteiger partial charge in [0.1, 0.15) is 17.3 Å². The third-order valence-electron chi connectivity index (χ3n) is 4.40. The molecule has 0 aromatic heterocycles. The highest BCUT2D eigenvalue weighted by molar-refractivity contribution is 7.92. The van der Waals surface area contributed by atoms with E-state index in [0.29, 0.717) is 11.3 Å². The number of halogens is 2. The standard InChI is InChI=1S/C21H18F2N2O3S/c1-14-13-15(21(26)24-20-17(22)9-6-10-18(20)23)11-12-19(14)25(2)29(27,28)16-7-4-3-5-8-16/h3-13H,1-2H3,(H,24,26). The van der Waals surface area contributed by atoms with Gasteiger partial charge in [-0.2, -0.15) is 0 Å². The van der Waals surface area contributed by atoms with Gasteiger partial charge < -0.3 is 5.32 Å². The summed E-state index contributed by atoms with van der Waals surface area (Å²) in [7, 11) is -2.36. The first-order valence-corrected chi connectivity index (χ1v) is 10.1. The third kappa shape index (κ3) is 4.12. The van der Waals surface area contributed by atoms with Crippen molar-refractivity contribution in [3.8, 4) is 0 Å². The summed E-state index contributed by atoms with van der Waals surface area (Å²) in [5, 5.41) is 2.21. The molecular weight excluding hydrogens is 398 g/mol. The van der Waals surface area contributed by atoms with Crippen LogP contribution in [0.1, 0.15) is 15.9 Å². The number of carbonyl (C=O) groups is 1. The molecule has 0 saturated carbocycles. The van der Waals surface area contributed by atoms with Crippen molar-refractivity contribution >= 4 is 27.3 Å². The van der Waals surface area contributed by atoms with Crippen LogP contribution < -0.4 is 9.62 Å². The number of anilines is 2. The van der Waals surface area contributed by atoms with E-state index in [1.807, 2.05) is 0 Å². The smallest absolute Gasteiger partial charge is 0.264 e. The van der Waals surface area contributed by atoms with Gasteiger partial charge in [0.15, 0.2) is 0 Å². The Morgan fingerprint density at radius 2 is 1.55 bits per heavy atom. The maximum atomic E-state index is 13.7. The Balaban J connectivity index is 1.88. The van der Waals surface area contributed by atoms with Crippen LogP contribution in [0.15, 0.2) is 71.6 Å². The zero-order valence-electron chi connectivity index (χ0n) is 15.7. The van der Waals surface area contributed by atoms with Crippen LogP contribution in [0.5, 0.6) is 0 Å². The lowest BCUT2D eigenvalue weighted by Crippen LogP contribution is -2.27. The summed E-state index contributed by atoms with van der Waals surface area (Å²) < 4.78 is 54.2. The monoisotopic (exact) mass is 416 g/mol. The van der Waals surface area contributed by atoms with Crippen LogP contribution in [-0.4, -0.2) is 21.4 Å². The molecule has 1 N–H and O–H groups in total. The van der Waals surface area contributed by atoms with Gasteiger partial charge in [0, 0.05) is 12.6 Å². The summed E-state index contributed by atoms with van der Waals surface area (Å²) in [6.07, 6.45) is 0. The van der Waals surface area contributed by atoms with Crippen LogP contribution in [0.4, 0.5) is 20.2 Å². The fraction of sp³-hybridized carbons (Fsp3) is 0.0952. The number of rotatable bonds is 5. The maximum absolute atomic E-state index is 13.7. The molecule has 0 radical (unpaired) electrons. The maximum Gasteiger partial charge on any atom is 0.264 e. The van der Waals surface area contributed by atoms with Crippen LogP contribution in [-0.2, 0) is 10.0 Å². The molecule has 0 heterocycles. The van der Waals surface area contributed by atoms with Crippen LogP contribution in [0.2, 0.25) is 0 Å². The van der Waals surface area contributed by atoms with Gasteiger partial charge in [-0.25, -0.2) is 17.2 Å². The Bertz CT molecular complexity index is 1150. The zero-order valence-corrected chi connectivity index (χ0v) is 16.5. The average Bonchev–Trinajstić information content (AvgIpc) is 2.70. The minimum absolute atomic E-state index is 0.138. The molecule has 0 aliphatic carbocycles. The molecule has 0 spiro atoms. The SMILES string of the molecule is Cc1cc(C(=O)Nc2c(F)cccc2F)ccc1N(C)S(=O)(=O)c1ccccc1. The van der Waals surface area contributed by atoms with Crippen LogP contribution in [0.3, 0.4) is 0 Å². The molecule has 0 atom stereocenters. The number of hydrogen-bond donors (Lipinski definition) is 1. The fourth-order valence-corrected chi connectivity index (χ4v) is 4.11. The third-order valence-corrected chi connectivity index (χ3v) is 6.19. The summed E-state index contributed by atoms with van der Waals surface area (Å²) in [4.78, 5) is 12.5. The van der Waals surface area contributed by atoms with Gasteiger partial charge >= 0.3 is 0 Å². The Kier molecular flexibility index (Phi) is 5.65. The molecule has 5 nitrogen and oxygen atoms in total. The van der Waals surface area contributed by atoms with Gasteiger partial charge in [-0.05, 0) is 55.0 Å². The molecule has 0 saturated heterocycles. The van der Waals surface area contributed by atoms with E-state index in [9.17, 15) is 22.0 Å². The van der Waals surface area contributed by atoms with E-state index in [1.165, 1.54) is 43.4 Å². The summed E-state index contributed by atoms with van der Waals surface area (Å²) in [6.45, 7) is 1.65. The van der Waals surface area contributed by atoms with E-state index in [-0.39, 0.29) is 10.5 Å². The molecular formula is C21H18F2N2O3S. The Morgan fingerprint density at radius 3 is 2.14 bits per heavy atom. The highest BCUT2D eigenvalue weighted by Crippen LogP contribution is 2.27. The summed E-state index contributed by atoms with van der Waals surface area (Å²) in [5.41, 5.74) is 0.485. The Hall–Kier alpha value is -3.26. The molecule has 3 aromatic rings. The number of nitrogens with one attached hydrogen (secondary N) is 1. The highest BCUT2D eigenvalue weighted by atomic mass is 32.2. The van der Waals surface area contributed by atoms with Crippen molar-refractivity contribution in [2.24, 2.45) is 0 Å². The molecule has 3 rings (SSSR count). The zero-order chi connectivity index (χ0) is 21.2. The van der Waals surface area contributed by atoms with Gasteiger partial charge in [-0.1, -0.05) is 24.3 Å². The lowest BCUT2D eigenvalue weighted by Gasteiger charge is -2.22. The molecule has 150 valence electrons. The highest BCUT2D eigenvalue weighted by Gasteiger charge is 2.23. The largest absolute Gasteiger partial charge is 0.317 e. The van der Waals surface area contributed by atoms with Crippen LogP contribution >= 0.6 is 0 Å². The first-order chi connectivity index (χ1) is 13.7. The van der Waals surface area contributed by atoms with E-state index < -0.39 is 33.3 Å². The molecule has 0 unspecified atom stereocenters. The average molecular weight is 416 g/mol. The second-order valence-corrected chi connectivity index (χ2v) is 8.31. The van der Waals surface area contributed by atoms with Crippen molar-refractivity contribution in [3.05, 3.63) is 89.5 Å². The molecule has 3 aromatic carbocycles. The molecule has 8 heteroatoms. The summed E-state index contributed by atoms with van der Waals surface area (Å²) >= 11 is 0. The predicted octanol–water partition coefficient (Wildman–Crippen LogP) is 4.35. The molecule has 0 aliphatic heterocycles. The van der Waals surface area contributed by atoms with Crippen LogP contribution in [0.25, 0.3) is 0 Å². The number of sulfonamides is 1. The molecule has 1 amide bonds. The van der Waals surface area contributed by atoms with E-state index in [1.54, 1.807) is 25.1 Å². The second-order valence-electron chi connectivity index (χ2n) is 6.34. The second kappa shape index (κ2) is 8.00. The van der Waals surface area contributed by atoms with Crippen molar-refractivity contribution in [3.63, 3.8) is 0 Å². The Labute approximate surface area is 167 Å². The first kappa shape index (κ1) is 20.5. The number of carbonyl (C=O) groups excluding carboxylic acids is 1. The Morgan fingerprint density at radius 1 is 0.931 bits per heavy atom. The van der Waals surface area contributed by atoms with Gasteiger partial charge in [0.2, 0.25) is 0 Å². The minimum Gasteiger partial charge on any atom is -0.317 e. The number of aryl methyl sites for hydroxylation is 1. The number of para-hydroxylation sites is 1. The van der Waals surface area contributed by atoms with Crippen LogP contribution in [0, 0.1) is 18.6 Å². The van der Waals surface area contributed by atoms with Crippen molar-refractivity contribution < 1.29 is 22.0 Å². The predicted molar refractivity (Wildman–Crippen MR) is 108 cm³/mol. The van der Waals surface area contributed by atoms with Gasteiger partial charge in [-0.3, -0.25) is 9.10 Å². The fourth-order valence-electron chi connectivity index (χ4n) is 2.83. The van der Waals surface area contributed by atoms with Crippen molar-refractivity contribution in [2.75, 3.05) is 16.7 Å². The summed E-state index contributed by atoms with van der Waals surface area (Å²) in [6, 6.07) is 15.6. The van der Waals surface area contributed by atoms with Crippen molar-refractivity contribution in [1.82, 2.24) is 0 Å². The first-order valence-electron chi connectivity index (χ1n) is 8.62. The normalized spacial score (nSPS) is 11.2. The molecule has 29 heavy (non-hydrogen) atoms. The molecule has 0 aliphatic rings. The van der Waals surface area contributed by atoms with Crippen molar-refractivity contribution in [2.45, 2.75) is 11.8 Å². The minimum atomic E-state index is -3.77. The number of hydrogen-bond acceptors (Lipinski definition) is 3. The number of benzene rings is 3. The van der Waals surface area contributed by atoms with Crippen molar-refractivity contribution in [1.29, 1.82) is 0 Å². The quantitative estimate of drug-likeness (QED) is 0.672. The lowest BCUT2D eigenvalue weighted by atomic mass is 10.1. The molecule has 0 bridgehead atoms. The molecule has 0 fully saturated rings. The number of nitrogens with zero attached hydrogens (tertiary/aromatic N) is 1.